The second kappa shape index (κ2) is 9.57. The van der Waals surface area contributed by atoms with E-state index in [0.29, 0.717) is 48.8 Å². The van der Waals surface area contributed by atoms with Crippen LogP contribution in [0.3, 0.4) is 0 Å². The van der Waals surface area contributed by atoms with Crippen LogP contribution in [0.5, 0.6) is 11.5 Å². The first-order valence-corrected chi connectivity index (χ1v) is 10.6. The normalized spacial score (nSPS) is 17.7. The Hall–Kier alpha value is -2.15. The summed E-state index contributed by atoms with van der Waals surface area (Å²) < 4.78 is 11.2. The van der Waals surface area contributed by atoms with Gasteiger partial charge in [0.1, 0.15) is 13.2 Å². The second-order valence-electron chi connectivity index (χ2n) is 7.84. The van der Waals surface area contributed by atoms with Crippen LogP contribution < -0.4 is 20.1 Å². The summed E-state index contributed by atoms with van der Waals surface area (Å²) in [6.07, 6.45) is 4.00. The highest BCUT2D eigenvalue weighted by Gasteiger charge is 2.42. The molecule has 1 fully saturated rings. The molecule has 3 rings (SSSR count). The number of hydrogen-bond acceptors (Lipinski definition) is 4. The molecule has 29 heavy (non-hydrogen) atoms. The number of fused-ring (bicyclic) bond motifs is 1. The van der Waals surface area contributed by atoms with Gasteiger partial charge in [-0.3, -0.25) is 4.79 Å². The van der Waals surface area contributed by atoms with Crippen LogP contribution in [0, 0.1) is 5.41 Å². The Balaban J connectivity index is 1.70. The molecule has 7 nitrogen and oxygen atoms in total. The minimum absolute atomic E-state index is 0.192. The van der Waals surface area contributed by atoms with Crippen molar-refractivity contribution in [1.29, 1.82) is 0 Å². The number of carbonyl (C=O) groups is 1. The number of hydrogen-bond donors (Lipinski definition) is 2. The fraction of sp³-hybridized carbons (Fsp3) is 0.619. The van der Waals surface area contributed by atoms with Crippen molar-refractivity contribution in [2.75, 3.05) is 40.4 Å². The molecule has 1 amide bonds. The fourth-order valence-electron chi connectivity index (χ4n) is 4.01. The van der Waals surface area contributed by atoms with Gasteiger partial charge in [-0.05, 0) is 37.5 Å². The van der Waals surface area contributed by atoms with Crippen molar-refractivity contribution in [2.24, 2.45) is 10.4 Å². The zero-order valence-corrected chi connectivity index (χ0v) is 18.3. The molecule has 1 aliphatic carbocycles. The van der Waals surface area contributed by atoms with Crippen molar-refractivity contribution in [3.63, 3.8) is 0 Å². The monoisotopic (exact) mass is 422 g/mol. The van der Waals surface area contributed by atoms with Gasteiger partial charge in [-0.1, -0.05) is 24.4 Å². The minimum Gasteiger partial charge on any atom is -0.486 e. The number of rotatable bonds is 6. The van der Waals surface area contributed by atoms with E-state index >= 15 is 0 Å². The standard InChI is InChI=1S/C21H31ClN4O3/c1-4-23-20(25-14-21(7-5-6-8-21)19(27)26(2)3)24-13-15-11-16(22)18-17(12-15)28-9-10-29-18/h11-12H,4-10,13-14H2,1-3H3,(H2,23,24,25). The Labute approximate surface area is 177 Å². The van der Waals surface area contributed by atoms with Crippen LogP contribution in [0.1, 0.15) is 38.2 Å². The minimum atomic E-state index is -0.347. The third kappa shape index (κ3) is 5.07. The van der Waals surface area contributed by atoms with Crippen LogP contribution in [-0.4, -0.2) is 57.2 Å². The Kier molecular flexibility index (Phi) is 7.11. The van der Waals surface area contributed by atoms with Gasteiger partial charge in [0.2, 0.25) is 5.91 Å². The SMILES string of the molecule is CCNC(=NCc1cc(Cl)c2c(c1)OCCO2)NCC1(C(=O)N(C)C)CCCC1. The molecule has 0 spiro atoms. The molecule has 2 aliphatic rings. The summed E-state index contributed by atoms with van der Waals surface area (Å²) in [6, 6.07) is 3.78. The summed E-state index contributed by atoms with van der Waals surface area (Å²) >= 11 is 6.33. The number of benzene rings is 1. The van der Waals surface area contributed by atoms with Crippen molar-refractivity contribution in [3.05, 3.63) is 22.7 Å². The average molecular weight is 423 g/mol. The highest BCUT2D eigenvalue weighted by Crippen LogP contribution is 2.39. The number of guanidine groups is 1. The van der Waals surface area contributed by atoms with E-state index in [2.05, 4.69) is 15.6 Å². The van der Waals surface area contributed by atoms with Crippen molar-refractivity contribution in [1.82, 2.24) is 15.5 Å². The predicted octanol–water partition coefficient (Wildman–Crippen LogP) is 2.81. The third-order valence-electron chi connectivity index (χ3n) is 5.44. The van der Waals surface area contributed by atoms with Gasteiger partial charge in [-0.15, -0.1) is 0 Å². The van der Waals surface area contributed by atoms with E-state index in [-0.39, 0.29) is 11.3 Å². The van der Waals surface area contributed by atoms with E-state index in [9.17, 15) is 4.79 Å². The number of halogens is 1. The molecule has 1 aromatic carbocycles. The van der Waals surface area contributed by atoms with Gasteiger partial charge in [-0.25, -0.2) is 4.99 Å². The highest BCUT2D eigenvalue weighted by atomic mass is 35.5. The third-order valence-corrected chi connectivity index (χ3v) is 5.72. The molecule has 0 unspecified atom stereocenters. The van der Waals surface area contributed by atoms with Crippen molar-refractivity contribution in [2.45, 2.75) is 39.2 Å². The van der Waals surface area contributed by atoms with Gasteiger partial charge in [-0.2, -0.15) is 0 Å². The molecule has 0 radical (unpaired) electrons. The predicted molar refractivity (Wildman–Crippen MR) is 115 cm³/mol. The van der Waals surface area contributed by atoms with Crippen molar-refractivity contribution in [3.8, 4) is 11.5 Å². The van der Waals surface area contributed by atoms with Gasteiger partial charge in [0.05, 0.1) is 17.0 Å². The molecule has 0 atom stereocenters. The lowest BCUT2D eigenvalue weighted by molar-refractivity contribution is -0.138. The van der Waals surface area contributed by atoms with Gasteiger partial charge >= 0.3 is 0 Å². The number of nitrogens with zero attached hydrogens (tertiary/aromatic N) is 2. The molecule has 0 bridgehead atoms. The largest absolute Gasteiger partial charge is 0.486 e. The molecular formula is C21H31ClN4O3. The van der Waals surface area contributed by atoms with Crippen LogP contribution in [-0.2, 0) is 11.3 Å². The molecule has 1 heterocycles. The summed E-state index contributed by atoms with van der Waals surface area (Å²) in [5, 5.41) is 7.19. The number of amides is 1. The van der Waals surface area contributed by atoms with E-state index in [1.807, 2.05) is 33.2 Å². The van der Waals surface area contributed by atoms with Gasteiger partial charge in [0, 0.05) is 27.2 Å². The Morgan fingerprint density at radius 2 is 1.93 bits per heavy atom. The number of aliphatic imine (C=N–C) groups is 1. The Morgan fingerprint density at radius 3 is 2.62 bits per heavy atom. The summed E-state index contributed by atoms with van der Waals surface area (Å²) in [6.45, 7) is 4.81. The summed E-state index contributed by atoms with van der Waals surface area (Å²) in [5.74, 6) is 2.14. The van der Waals surface area contributed by atoms with E-state index in [4.69, 9.17) is 21.1 Å². The lowest BCUT2D eigenvalue weighted by Gasteiger charge is -2.31. The van der Waals surface area contributed by atoms with E-state index in [1.54, 1.807) is 4.90 Å². The van der Waals surface area contributed by atoms with Crippen LogP contribution in [0.2, 0.25) is 5.02 Å². The van der Waals surface area contributed by atoms with Crippen LogP contribution in [0.4, 0.5) is 0 Å². The van der Waals surface area contributed by atoms with Crippen LogP contribution in [0.25, 0.3) is 0 Å². The molecule has 0 saturated heterocycles. The average Bonchev–Trinajstić information content (AvgIpc) is 3.19. The summed E-state index contributed by atoms with van der Waals surface area (Å²) in [7, 11) is 3.65. The van der Waals surface area contributed by atoms with Gasteiger partial charge in [0.15, 0.2) is 17.5 Å². The van der Waals surface area contributed by atoms with Gasteiger partial charge < -0.3 is 25.0 Å². The van der Waals surface area contributed by atoms with Crippen molar-refractivity contribution >= 4 is 23.5 Å². The number of ether oxygens (including phenoxy) is 2. The van der Waals surface area contributed by atoms with Gasteiger partial charge in [0.25, 0.3) is 0 Å². The number of nitrogens with one attached hydrogen (secondary N) is 2. The maximum atomic E-state index is 12.8. The van der Waals surface area contributed by atoms with E-state index in [1.165, 1.54) is 0 Å². The fourth-order valence-corrected chi connectivity index (χ4v) is 4.30. The quantitative estimate of drug-likeness (QED) is 0.544. The first-order valence-electron chi connectivity index (χ1n) is 10.3. The maximum Gasteiger partial charge on any atom is 0.230 e. The highest BCUT2D eigenvalue weighted by molar-refractivity contribution is 6.32. The van der Waals surface area contributed by atoms with Crippen LogP contribution >= 0.6 is 11.6 Å². The second-order valence-corrected chi connectivity index (χ2v) is 8.24. The Bertz CT molecular complexity index is 761. The smallest absolute Gasteiger partial charge is 0.230 e. The molecule has 8 heteroatoms. The first-order chi connectivity index (χ1) is 13.9. The topological polar surface area (TPSA) is 75.2 Å². The molecule has 160 valence electrons. The van der Waals surface area contributed by atoms with E-state index in [0.717, 1.165) is 37.8 Å². The molecule has 1 aliphatic heterocycles. The molecule has 1 aromatic rings. The lowest BCUT2D eigenvalue weighted by atomic mass is 9.84. The molecule has 1 saturated carbocycles. The van der Waals surface area contributed by atoms with E-state index < -0.39 is 0 Å². The first kappa shape index (κ1) is 21.6. The van der Waals surface area contributed by atoms with Crippen LogP contribution in [0.15, 0.2) is 17.1 Å². The zero-order valence-electron chi connectivity index (χ0n) is 17.5. The molecule has 0 aromatic heterocycles. The Morgan fingerprint density at radius 1 is 1.21 bits per heavy atom. The van der Waals surface area contributed by atoms with Crippen molar-refractivity contribution < 1.29 is 14.3 Å². The summed E-state index contributed by atoms with van der Waals surface area (Å²) in [4.78, 5) is 19.2. The maximum absolute atomic E-state index is 12.8. The molecular weight excluding hydrogens is 392 g/mol. The molecule has 2 N–H and O–H groups in total. The summed E-state index contributed by atoms with van der Waals surface area (Å²) in [5.41, 5.74) is 0.594. The number of carbonyl (C=O) groups excluding carboxylic acids is 1. The lowest BCUT2D eigenvalue weighted by Crippen LogP contribution is -2.49. The zero-order chi connectivity index (χ0) is 20.9.